The van der Waals surface area contributed by atoms with Gasteiger partial charge >= 0.3 is 7.12 Å². The maximum atomic E-state index is 14.1. The van der Waals surface area contributed by atoms with Gasteiger partial charge in [0.2, 0.25) is 11.8 Å². The summed E-state index contributed by atoms with van der Waals surface area (Å²) >= 11 is 3.78. The first-order valence-electron chi connectivity index (χ1n) is 16.0. The number of halogens is 1. The molecule has 2 aliphatic heterocycles. The second kappa shape index (κ2) is 12.9. The van der Waals surface area contributed by atoms with E-state index in [1.807, 2.05) is 20.8 Å². The van der Waals surface area contributed by atoms with Crippen molar-refractivity contribution in [2.24, 2.45) is 5.92 Å². The normalized spacial score (nSPS) is 24.1. The molecule has 0 bridgehead atoms. The molecule has 2 heterocycles. The van der Waals surface area contributed by atoms with Crippen LogP contribution in [0.5, 0.6) is 0 Å². The SMILES string of the molecule is CC(=O)NC(CCCCB1OC(C)(C)C(C)(C)O1)(C(=O)NC(C)(C)C)C1CCN(C2CCCc3c(Br)cccc32)CC1. The summed E-state index contributed by atoms with van der Waals surface area (Å²) in [5.74, 6) is -0.160. The predicted molar refractivity (Wildman–Crippen MR) is 173 cm³/mol. The Bertz CT molecular complexity index is 1110. The molecule has 1 aliphatic carbocycles. The molecule has 2 amide bonds. The second-order valence-corrected chi connectivity index (χ2v) is 15.7. The third-order valence-corrected chi connectivity index (χ3v) is 10.7. The molecule has 1 aromatic rings. The van der Waals surface area contributed by atoms with Crippen molar-refractivity contribution in [3.8, 4) is 0 Å². The summed E-state index contributed by atoms with van der Waals surface area (Å²) in [7, 11) is -0.254. The molecule has 2 atom stereocenters. The first kappa shape index (κ1) is 33.5. The van der Waals surface area contributed by atoms with E-state index in [0.717, 1.165) is 57.9 Å². The highest BCUT2D eigenvalue weighted by Gasteiger charge is 2.51. The lowest BCUT2D eigenvalue weighted by Crippen LogP contribution is -2.66. The van der Waals surface area contributed by atoms with Gasteiger partial charge in [0.1, 0.15) is 5.54 Å². The van der Waals surface area contributed by atoms with Crippen molar-refractivity contribution in [1.82, 2.24) is 15.5 Å². The highest BCUT2D eigenvalue weighted by molar-refractivity contribution is 9.10. The summed E-state index contributed by atoms with van der Waals surface area (Å²) in [5, 5.41) is 6.46. The minimum absolute atomic E-state index is 0.0578. The van der Waals surface area contributed by atoms with Crippen molar-refractivity contribution in [3.63, 3.8) is 0 Å². The van der Waals surface area contributed by atoms with E-state index in [0.29, 0.717) is 12.5 Å². The molecule has 2 N–H and O–H groups in total. The van der Waals surface area contributed by atoms with Crippen LogP contribution in [0.25, 0.3) is 0 Å². The second-order valence-electron chi connectivity index (χ2n) is 14.8. The summed E-state index contributed by atoms with van der Waals surface area (Å²) in [6.45, 7) is 17.7. The third-order valence-electron chi connectivity index (χ3n) is 9.94. The van der Waals surface area contributed by atoms with Crippen LogP contribution < -0.4 is 10.6 Å². The minimum atomic E-state index is -0.950. The van der Waals surface area contributed by atoms with Crippen LogP contribution in [0, 0.1) is 5.92 Å². The number of nitrogens with zero attached hydrogens (tertiary/aromatic N) is 1. The van der Waals surface area contributed by atoms with Gasteiger partial charge in [0.25, 0.3) is 0 Å². The highest BCUT2D eigenvalue weighted by Crippen LogP contribution is 2.42. The lowest BCUT2D eigenvalue weighted by atomic mass is 9.72. The van der Waals surface area contributed by atoms with E-state index >= 15 is 0 Å². The van der Waals surface area contributed by atoms with Crippen molar-refractivity contribution in [1.29, 1.82) is 0 Å². The number of likely N-dealkylation sites (tertiary alicyclic amines) is 1. The van der Waals surface area contributed by atoms with Crippen LogP contribution in [0.1, 0.15) is 118 Å². The van der Waals surface area contributed by atoms with Crippen molar-refractivity contribution in [3.05, 3.63) is 33.8 Å². The minimum Gasteiger partial charge on any atom is -0.403 e. The van der Waals surface area contributed by atoms with E-state index in [4.69, 9.17) is 9.31 Å². The molecule has 0 spiro atoms. The van der Waals surface area contributed by atoms with Crippen LogP contribution in [0.4, 0.5) is 0 Å². The monoisotopic (exact) mass is 645 g/mol. The van der Waals surface area contributed by atoms with E-state index in [2.05, 4.69) is 77.4 Å². The maximum Gasteiger partial charge on any atom is 0.457 e. The van der Waals surface area contributed by atoms with Gasteiger partial charge in [-0.05, 0) is 130 Å². The number of hydrogen-bond acceptors (Lipinski definition) is 5. The zero-order valence-electron chi connectivity index (χ0n) is 27.2. The number of fused-ring (bicyclic) bond motifs is 1. The lowest BCUT2D eigenvalue weighted by molar-refractivity contribution is -0.138. The molecule has 4 rings (SSSR count). The van der Waals surface area contributed by atoms with Gasteiger partial charge in [-0.1, -0.05) is 40.9 Å². The number of benzene rings is 1. The van der Waals surface area contributed by atoms with Crippen molar-refractivity contribution in [2.75, 3.05) is 13.1 Å². The Kier molecular flexibility index (Phi) is 10.3. The fraction of sp³-hybridized carbons (Fsp3) is 0.758. The van der Waals surface area contributed by atoms with Gasteiger partial charge in [0.15, 0.2) is 0 Å². The van der Waals surface area contributed by atoms with Crippen LogP contribution in [0.3, 0.4) is 0 Å². The quantitative estimate of drug-likeness (QED) is 0.234. The summed E-state index contributed by atoms with van der Waals surface area (Å²) in [6, 6.07) is 6.99. The van der Waals surface area contributed by atoms with Crippen LogP contribution >= 0.6 is 15.9 Å². The number of amides is 2. The Morgan fingerprint density at radius 3 is 2.26 bits per heavy atom. The number of carbonyl (C=O) groups is 2. The molecule has 1 aromatic carbocycles. The Hall–Kier alpha value is -1.42. The molecule has 2 saturated heterocycles. The fourth-order valence-corrected chi connectivity index (χ4v) is 7.73. The fourth-order valence-electron chi connectivity index (χ4n) is 7.15. The van der Waals surface area contributed by atoms with E-state index < -0.39 is 11.1 Å². The van der Waals surface area contributed by atoms with Gasteiger partial charge < -0.3 is 19.9 Å². The number of hydrogen-bond donors (Lipinski definition) is 2. The topological polar surface area (TPSA) is 79.9 Å². The van der Waals surface area contributed by atoms with Crippen LogP contribution in [0.15, 0.2) is 22.7 Å². The Morgan fingerprint density at radius 1 is 1.02 bits per heavy atom. The van der Waals surface area contributed by atoms with Gasteiger partial charge in [-0.3, -0.25) is 14.5 Å². The summed E-state index contributed by atoms with van der Waals surface area (Å²) in [5.41, 5.74) is 0.823. The Balaban J connectivity index is 1.48. The van der Waals surface area contributed by atoms with Crippen molar-refractivity contribution < 1.29 is 18.9 Å². The molecule has 9 heteroatoms. The molecule has 0 aromatic heterocycles. The third kappa shape index (κ3) is 7.44. The summed E-state index contributed by atoms with van der Waals surface area (Å²) in [4.78, 5) is 29.4. The zero-order valence-corrected chi connectivity index (χ0v) is 28.8. The largest absolute Gasteiger partial charge is 0.457 e. The molecule has 0 saturated carbocycles. The van der Waals surface area contributed by atoms with Crippen LogP contribution in [-0.4, -0.2) is 59.2 Å². The van der Waals surface area contributed by atoms with Crippen LogP contribution in [-0.2, 0) is 25.3 Å². The number of nitrogens with one attached hydrogen (secondary N) is 2. The van der Waals surface area contributed by atoms with Gasteiger partial charge in [0.05, 0.1) is 11.2 Å². The smallest absolute Gasteiger partial charge is 0.403 e. The van der Waals surface area contributed by atoms with Gasteiger partial charge in [0, 0.05) is 23.0 Å². The maximum absolute atomic E-state index is 14.1. The first-order chi connectivity index (χ1) is 19.5. The van der Waals surface area contributed by atoms with Gasteiger partial charge in [-0.2, -0.15) is 0 Å². The average molecular weight is 647 g/mol. The summed E-state index contributed by atoms with van der Waals surface area (Å²) in [6.07, 6.45) is 8.22. The van der Waals surface area contributed by atoms with E-state index in [1.54, 1.807) is 0 Å². The molecule has 234 valence electrons. The number of piperidine rings is 1. The molecule has 3 aliphatic rings. The van der Waals surface area contributed by atoms with E-state index in [1.165, 1.54) is 28.9 Å². The van der Waals surface area contributed by atoms with Crippen molar-refractivity contribution >= 4 is 34.9 Å². The molecule has 7 nitrogen and oxygen atoms in total. The zero-order chi connectivity index (χ0) is 30.9. The number of carbonyl (C=O) groups excluding carboxylic acids is 2. The van der Waals surface area contributed by atoms with Crippen LogP contribution in [0.2, 0.25) is 6.32 Å². The Labute approximate surface area is 262 Å². The lowest BCUT2D eigenvalue weighted by Gasteiger charge is -2.47. The highest BCUT2D eigenvalue weighted by atomic mass is 79.9. The molecular formula is C33H53BBrN3O4. The average Bonchev–Trinajstić information content (AvgIpc) is 3.10. The van der Waals surface area contributed by atoms with Gasteiger partial charge in [-0.25, -0.2) is 0 Å². The molecule has 0 radical (unpaired) electrons. The standard InChI is InChI=1S/C33H53BBrN3O4/c1-23(39)36-33(29(40)37-30(2,3)4,19-9-10-20-34-41-31(5,6)32(7,8)42-34)24-17-21-38(22-18-24)28-16-12-13-25-26(28)14-11-15-27(25)35/h11,14-15,24,28H,9-10,12-13,16-22H2,1-8H3,(H,36,39)(H,37,40). The van der Waals surface area contributed by atoms with Gasteiger partial charge in [-0.15, -0.1) is 0 Å². The molecule has 42 heavy (non-hydrogen) atoms. The first-order valence-corrected chi connectivity index (χ1v) is 16.8. The molecule has 2 fully saturated rings. The van der Waals surface area contributed by atoms with E-state index in [9.17, 15) is 9.59 Å². The number of rotatable bonds is 9. The molecule has 2 unspecified atom stereocenters. The van der Waals surface area contributed by atoms with E-state index in [-0.39, 0.29) is 36.1 Å². The molecular weight excluding hydrogens is 593 g/mol. The Morgan fingerprint density at radius 2 is 1.67 bits per heavy atom. The number of unbranched alkanes of at least 4 members (excludes halogenated alkanes) is 1. The predicted octanol–water partition coefficient (Wildman–Crippen LogP) is 6.59. The summed E-state index contributed by atoms with van der Waals surface area (Å²) < 4.78 is 13.6. The van der Waals surface area contributed by atoms with Crippen molar-refractivity contribution in [2.45, 2.75) is 141 Å².